The molecule has 1 aliphatic carbocycles. The lowest BCUT2D eigenvalue weighted by Crippen LogP contribution is -2.19. The Morgan fingerprint density at radius 1 is 1.00 bits per heavy atom. The van der Waals surface area contributed by atoms with Crippen molar-refractivity contribution in [2.24, 2.45) is 0 Å². The van der Waals surface area contributed by atoms with Gasteiger partial charge in [-0.1, -0.05) is 30.0 Å². The van der Waals surface area contributed by atoms with Gasteiger partial charge in [0.1, 0.15) is 16.5 Å². The molecule has 0 radical (unpaired) electrons. The van der Waals surface area contributed by atoms with Crippen LogP contribution in [0.5, 0.6) is 11.5 Å². The van der Waals surface area contributed by atoms with Gasteiger partial charge in [-0.15, -0.1) is 21.5 Å². The largest absolute Gasteiger partial charge is 0.497 e. The van der Waals surface area contributed by atoms with Gasteiger partial charge in [0, 0.05) is 28.7 Å². The molecule has 0 atom stereocenters. The summed E-state index contributed by atoms with van der Waals surface area (Å²) in [5.41, 5.74) is 3.16. The Morgan fingerprint density at radius 3 is 2.42 bits per heavy atom. The minimum absolute atomic E-state index is 0.127. The number of aromatic nitrogens is 3. The highest BCUT2D eigenvalue weighted by atomic mass is 32.2. The fourth-order valence-electron chi connectivity index (χ4n) is 4.73. The molecule has 0 saturated carbocycles. The summed E-state index contributed by atoms with van der Waals surface area (Å²) >= 11 is 2.81. The van der Waals surface area contributed by atoms with Gasteiger partial charge in [0.25, 0.3) is 5.91 Å². The lowest BCUT2D eigenvalue weighted by atomic mass is 9.95. The van der Waals surface area contributed by atoms with Crippen molar-refractivity contribution in [1.29, 1.82) is 0 Å². The monoisotopic (exact) mass is 577 g/mol. The number of para-hydroxylation sites is 1. The molecule has 4 aromatic rings. The molecule has 5 rings (SSSR count). The number of carbonyl (C=O) groups excluding carboxylic acids is 2. The summed E-state index contributed by atoms with van der Waals surface area (Å²) in [4.78, 5) is 27.6. The highest BCUT2D eigenvalue weighted by Gasteiger charge is 2.27. The number of fused-ring (bicyclic) bond motifs is 1. The number of hydrogen-bond acceptors (Lipinski definition) is 8. The van der Waals surface area contributed by atoms with Crippen LogP contribution in [0.15, 0.2) is 53.7 Å². The van der Waals surface area contributed by atoms with Crippen molar-refractivity contribution in [3.05, 3.63) is 64.5 Å². The van der Waals surface area contributed by atoms with E-state index in [4.69, 9.17) is 9.47 Å². The van der Waals surface area contributed by atoms with Gasteiger partial charge >= 0.3 is 0 Å². The number of nitrogens with one attached hydrogen (secondary N) is 2. The summed E-state index contributed by atoms with van der Waals surface area (Å²) in [6.07, 6.45) is 3.89. The van der Waals surface area contributed by atoms with Crippen LogP contribution in [-0.2, 0) is 24.2 Å². The highest BCUT2D eigenvalue weighted by molar-refractivity contribution is 7.99. The number of amides is 2. The Bertz CT molecular complexity index is 1490. The average Bonchev–Trinajstić information content (AvgIpc) is 3.56. The van der Waals surface area contributed by atoms with Gasteiger partial charge < -0.3 is 24.7 Å². The van der Waals surface area contributed by atoms with E-state index in [1.54, 1.807) is 20.3 Å². The SMILES string of the molecule is CCn1c(SCC(=O)Nc2sc3c(c2C(=O)Nc2ccccc2)CCCC3)nnc1-c1cc(OC)cc(OC)c1. The van der Waals surface area contributed by atoms with Crippen LogP contribution >= 0.6 is 23.1 Å². The molecule has 11 heteroatoms. The molecule has 9 nitrogen and oxygen atoms in total. The zero-order valence-electron chi connectivity index (χ0n) is 22.7. The Morgan fingerprint density at radius 2 is 1.73 bits per heavy atom. The number of carbonyl (C=O) groups is 2. The number of ether oxygens (including phenoxy) is 2. The lowest BCUT2D eigenvalue weighted by molar-refractivity contribution is -0.113. The maximum Gasteiger partial charge on any atom is 0.258 e. The summed E-state index contributed by atoms with van der Waals surface area (Å²) in [6, 6.07) is 14.9. The van der Waals surface area contributed by atoms with Gasteiger partial charge in [-0.2, -0.15) is 0 Å². The van der Waals surface area contributed by atoms with Crippen LogP contribution in [0.4, 0.5) is 10.7 Å². The van der Waals surface area contributed by atoms with Crippen LogP contribution in [0.1, 0.15) is 40.6 Å². The van der Waals surface area contributed by atoms with E-state index in [9.17, 15) is 9.59 Å². The first-order valence-corrected chi connectivity index (χ1v) is 14.9. The fourth-order valence-corrected chi connectivity index (χ4v) is 6.84. The van der Waals surface area contributed by atoms with Gasteiger partial charge in [0.15, 0.2) is 11.0 Å². The van der Waals surface area contributed by atoms with Crippen molar-refractivity contribution in [1.82, 2.24) is 14.8 Å². The molecule has 1 aliphatic rings. The van der Waals surface area contributed by atoms with E-state index in [-0.39, 0.29) is 17.6 Å². The van der Waals surface area contributed by atoms with Gasteiger partial charge in [-0.05, 0) is 62.4 Å². The maximum atomic E-state index is 13.3. The number of rotatable bonds is 10. The molecule has 2 N–H and O–H groups in total. The molecule has 208 valence electrons. The van der Waals surface area contributed by atoms with Crippen LogP contribution in [0.2, 0.25) is 0 Å². The number of thiophene rings is 1. The van der Waals surface area contributed by atoms with E-state index >= 15 is 0 Å². The minimum atomic E-state index is -0.201. The predicted molar refractivity (Wildman–Crippen MR) is 159 cm³/mol. The van der Waals surface area contributed by atoms with Crippen molar-refractivity contribution >= 4 is 45.6 Å². The van der Waals surface area contributed by atoms with Gasteiger partial charge in [-0.3, -0.25) is 9.59 Å². The number of thioether (sulfide) groups is 1. The summed E-state index contributed by atoms with van der Waals surface area (Å²) < 4.78 is 12.8. The predicted octanol–water partition coefficient (Wildman–Crippen LogP) is 5.91. The number of methoxy groups -OCH3 is 2. The quantitative estimate of drug-likeness (QED) is 0.226. The molecule has 0 fully saturated rings. The minimum Gasteiger partial charge on any atom is -0.497 e. The summed E-state index contributed by atoms with van der Waals surface area (Å²) in [5.74, 6) is 1.69. The molecule has 0 bridgehead atoms. The second-order valence-corrected chi connectivity index (χ2v) is 11.3. The molecule has 2 amide bonds. The third-order valence-electron chi connectivity index (χ3n) is 6.66. The first-order chi connectivity index (χ1) is 19.5. The Balaban J connectivity index is 1.32. The maximum absolute atomic E-state index is 13.3. The number of nitrogens with zero attached hydrogens (tertiary/aromatic N) is 3. The molecule has 2 heterocycles. The third-order valence-corrected chi connectivity index (χ3v) is 8.83. The summed E-state index contributed by atoms with van der Waals surface area (Å²) in [7, 11) is 3.20. The zero-order valence-corrected chi connectivity index (χ0v) is 24.3. The molecular weight excluding hydrogens is 546 g/mol. The lowest BCUT2D eigenvalue weighted by Gasteiger charge is -2.13. The molecule has 2 aromatic carbocycles. The molecule has 0 saturated heterocycles. The second kappa shape index (κ2) is 12.6. The van der Waals surface area contributed by atoms with Crippen LogP contribution in [0.3, 0.4) is 0 Å². The normalized spacial score (nSPS) is 12.5. The topological polar surface area (TPSA) is 107 Å². The van der Waals surface area contributed by atoms with Crippen molar-refractivity contribution in [2.45, 2.75) is 44.3 Å². The first kappa shape index (κ1) is 27.7. The van der Waals surface area contributed by atoms with E-state index < -0.39 is 0 Å². The van der Waals surface area contributed by atoms with E-state index in [2.05, 4.69) is 20.8 Å². The van der Waals surface area contributed by atoms with Crippen molar-refractivity contribution in [2.75, 3.05) is 30.6 Å². The summed E-state index contributed by atoms with van der Waals surface area (Å²) in [5, 5.41) is 16.0. The Hall–Kier alpha value is -3.83. The Kier molecular flexibility index (Phi) is 8.71. The standard InChI is InChI=1S/C29H31N5O4S2/c1-4-34-26(18-14-20(37-2)16-21(15-18)38-3)32-33-29(34)39-17-24(35)31-28-25(22-12-8-9-13-23(22)40-28)27(36)30-19-10-6-5-7-11-19/h5-7,10-11,14-16H,4,8-9,12-13,17H2,1-3H3,(H,30,36)(H,31,35). The van der Waals surface area contributed by atoms with Gasteiger partial charge in [0.05, 0.1) is 25.5 Å². The van der Waals surface area contributed by atoms with E-state index in [0.29, 0.717) is 39.6 Å². The smallest absolute Gasteiger partial charge is 0.258 e. The van der Waals surface area contributed by atoms with Crippen molar-refractivity contribution < 1.29 is 19.1 Å². The number of benzene rings is 2. The Labute approximate surface area is 241 Å². The van der Waals surface area contributed by atoms with E-state index in [1.165, 1.54) is 28.0 Å². The first-order valence-electron chi connectivity index (χ1n) is 13.1. The molecular formula is C29H31N5O4S2. The van der Waals surface area contributed by atoms with Gasteiger partial charge in [0.2, 0.25) is 5.91 Å². The van der Waals surface area contributed by atoms with Crippen LogP contribution in [-0.4, -0.2) is 46.6 Å². The second-order valence-electron chi connectivity index (χ2n) is 9.22. The molecule has 0 aliphatic heterocycles. The summed E-state index contributed by atoms with van der Waals surface area (Å²) in [6.45, 7) is 2.62. The molecule has 2 aromatic heterocycles. The molecule has 0 unspecified atom stereocenters. The number of anilines is 2. The average molecular weight is 578 g/mol. The fraction of sp³-hybridized carbons (Fsp3) is 0.310. The van der Waals surface area contributed by atoms with Crippen molar-refractivity contribution in [3.8, 4) is 22.9 Å². The zero-order chi connectivity index (χ0) is 28.1. The molecule has 0 spiro atoms. The molecule has 40 heavy (non-hydrogen) atoms. The van der Waals surface area contributed by atoms with E-state index in [0.717, 1.165) is 42.5 Å². The third kappa shape index (κ3) is 6.00. The highest BCUT2D eigenvalue weighted by Crippen LogP contribution is 2.39. The number of hydrogen-bond donors (Lipinski definition) is 2. The van der Waals surface area contributed by atoms with Crippen LogP contribution < -0.4 is 20.1 Å². The van der Waals surface area contributed by atoms with Crippen LogP contribution in [0, 0.1) is 0 Å². The van der Waals surface area contributed by atoms with Crippen LogP contribution in [0.25, 0.3) is 11.4 Å². The number of aryl methyl sites for hydroxylation is 1. The van der Waals surface area contributed by atoms with Crippen molar-refractivity contribution in [3.63, 3.8) is 0 Å². The van der Waals surface area contributed by atoms with Gasteiger partial charge in [-0.25, -0.2) is 0 Å². The van der Waals surface area contributed by atoms with E-state index in [1.807, 2.05) is 54.0 Å².